The number of pyridine rings is 1. The van der Waals surface area contributed by atoms with Crippen LogP contribution >= 0.6 is 0 Å². The second kappa shape index (κ2) is 4.19. The number of benzene rings is 1. The van der Waals surface area contributed by atoms with Gasteiger partial charge in [-0.25, -0.2) is 4.39 Å². The Labute approximate surface area is 87.6 Å². The highest BCUT2D eigenvalue weighted by Crippen LogP contribution is 2.18. The highest BCUT2D eigenvalue weighted by atomic mass is 19.1. The van der Waals surface area contributed by atoms with Crippen LogP contribution in [0.25, 0.3) is 0 Å². The van der Waals surface area contributed by atoms with E-state index in [1.54, 1.807) is 24.5 Å². The van der Waals surface area contributed by atoms with Crippen molar-refractivity contribution in [1.82, 2.24) is 4.98 Å². The molecule has 1 unspecified atom stereocenters. The van der Waals surface area contributed by atoms with Crippen LogP contribution < -0.4 is 5.73 Å². The Hall–Kier alpha value is -1.74. The van der Waals surface area contributed by atoms with Gasteiger partial charge in [-0.3, -0.25) is 4.98 Å². The molecule has 2 N–H and O–H groups in total. The van der Waals surface area contributed by atoms with E-state index in [9.17, 15) is 4.39 Å². The van der Waals surface area contributed by atoms with Crippen LogP contribution in [-0.4, -0.2) is 4.98 Å². The van der Waals surface area contributed by atoms with Crippen molar-refractivity contribution in [3.63, 3.8) is 0 Å². The summed E-state index contributed by atoms with van der Waals surface area (Å²) >= 11 is 0. The van der Waals surface area contributed by atoms with E-state index in [1.165, 1.54) is 12.1 Å². The second-order valence-corrected chi connectivity index (χ2v) is 3.32. The summed E-state index contributed by atoms with van der Waals surface area (Å²) in [5, 5.41) is 0. The van der Waals surface area contributed by atoms with E-state index < -0.39 is 0 Å². The molecule has 2 rings (SSSR count). The minimum atomic E-state index is -0.253. The number of rotatable bonds is 2. The van der Waals surface area contributed by atoms with Crippen molar-refractivity contribution in [2.24, 2.45) is 5.73 Å². The van der Waals surface area contributed by atoms with Gasteiger partial charge in [0, 0.05) is 12.4 Å². The first-order valence-electron chi connectivity index (χ1n) is 4.68. The lowest BCUT2D eigenvalue weighted by atomic mass is 10.0. The molecule has 3 heteroatoms. The van der Waals surface area contributed by atoms with Crippen LogP contribution in [0.1, 0.15) is 17.2 Å². The lowest BCUT2D eigenvalue weighted by Gasteiger charge is -2.11. The summed E-state index contributed by atoms with van der Waals surface area (Å²) in [6.45, 7) is 0. The molecule has 1 heterocycles. The first kappa shape index (κ1) is 9.80. The fourth-order valence-electron chi connectivity index (χ4n) is 1.42. The fraction of sp³-hybridized carbons (Fsp3) is 0.0833. The van der Waals surface area contributed by atoms with E-state index in [0.717, 1.165) is 11.1 Å². The van der Waals surface area contributed by atoms with E-state index in [2.05, 4.69) is 4.98 Å². The third-order valence-electron chi connectivity index (χ3n) is 2.27. The minimum Gasteiger partial charge on any atom is -0.320 e. The predicted molar refractivity (Wildman–Crippen MR) is 56.7 cm³/mol. The van der Waals surface area contributed by atoms with Crippen LogP contribution in [0.4, 0.5) is 4.39 Å². The van der Waals surface area contributed by atoms with Gasteiger partial charge in [0.2, 0.25) is 0 Å². The van der Waals surface area contributed by atoms with Gasteiger partial charge in [-0.05, 0) is 29.3 Å². The molecular formula is C12H11FN2. The largest absolute Gasteiger partial charge is 0.320 e. The standard InChI is InChI=1S/C12H11FN2/c13-11-5-3-9(4-6-11)12(14)10-2-1-7-15-8-10/h1-8,12H,14H2. The first-order chi connectivity index (χ1) is 7.27. The van der Waals surface area contributed by atoms with Crippen molar-refractivity contribution >= 4 is 0 Å². The third-order valence-corrected chi connectivity index (χ3v) is 2.27. The monoisotopic (exact) mass is 202 g/mol. The summed E-state index contributed by atoms with van der Waals surface area (Å²) in [5.41, 5.74) is 7.80. The zero-order valence-corrected chi connectivity index (χ0v) is 8.10. The Morgan fingerprint density at radius 1 is 1.07 bits per heavy atom. The van der Waals surface area contributed by atoms with E-state index in [1.807, 2.05) is 12.1 Å². The summed E-state index contributed by atoms with van der Waals surface area (Å²) in [4.78, 5) is 3.99. The van der Waals surface area contributed by atoms with Gasteiger partial charge in [-0.2, -0.15) is 0 Å². The molecule has 0 aliphatic heterocycles. The van der Waals surface area contributed by atoms with Crippen molar-refractivity contribution < 1.29 is 4.39 Å². The van der Waals surface area contributed by atoms with Crippen LogP contribution in [0.5, 0.6) is 0 Å². The number of hydrogen-bond donors (Lipinski definition) is 1. The highest BCUT2D eigenvalue weighted by molar-refractivity contribution is 5.29. The maximum absolute atomic E-state index is 12.7. The normalized spacial score (nSPS) is 12.4. The van der Waals surface area contributed by atoms with Crippen molar-refractivity contribution in [3.8, 4) is 0 Å². The molecular weight excluding hydrogens is 191 g/mol. The molecule has 0 amide bonds. The number of hydrogen-bond acceptors (Lipinski definition) is 2. The van der Waals surface area contributed by atoms with Crippen LogP contribution in [0.2, 0.25) is 0 Å². The van der Waals surface area contributed by atoms with Crippen molar-refractivity contribution in [2.45, 2.75) is 6.04 Å². The quantitative estimate of drug-likeness (QED) is 0.811. The summed E-state index contributed by atoms with van der Waals surface area (Å²) in [5.74, 6) is -0.253. The average Bonchev–Trinajstić information content (AvgIpc) is 2.30. The predicted octanol–water partition coefficient (Wildman–Crippen LogP) is 2.27. The molecule has 1 aromatic carbocycles. The second-order valence-electron chi connectivity index (χ2n) is 3.32. The molecule has 0 aliphatic rings. The molecule has 2 aromatic rings. The highest BCUT2D eigenvalue weighted by Gasteiger charge is 2.08. The summed E-state index contributed by atoms with van der Waals surface area (Å²) < 4.78 is 12.7. The third kappa shape index (κ3) is 2.19. The number of aromatic nitrogens is 1. The Morgan fingerprint density at radius 2 is 1.80 bits per heavy atom. The number of nitrogens with zero attached hydrogens (tertiary/aromatic N) is 1. The van der Waals surface area contributed by atoms with Crippen molar-refractivity contribution in [3.05, 3.63) is 65.7 Å². The van der Waals surface area contributed by atoms with E-state index in [0.29, 0.717) is 0 Å². The maximum Gasteiger partial charge on any atom is 0.123 e. The number of nitrogens with two attached hydrogens (primary N) is 1. The minimum absolute atomic E-state index is 0.251. The SMILES string of the molecule is NC(c1ccc(F)cc1)c1cccnc1. The van der Waals surface area contributed by atoms with Crippen LogP contribution in [0.3, 0.4) is 0 Å². The lowest BCUT2D eigenvalue weighted by Crippen LogP contribution is -2.11. The topological polar surface area (TPSA) is 38.9 Å². The Morgan fingerprint density at radius 3 is 2.40 bits per heavy atom. The fourth-order valence-corrected chi connectivity index (χ4v) is 1.42. The Bertz CT molecular complexity index is 425. The van der Waals surface area contributed by atoms with Gasteiger partial charge >= 0.3 is 0 Å². The van der Waals surface area contributed by atoms with Gasteiger partial charge in [0.1, 0.15) is 5.82 Å². The molecule has 2 nitrogen and oxygen atoms in total. The van der Waals surface area contributed by atoms with Crippen molar-refractivity contribution in [2.75, 3.05) is 0 Å². The summed E-state index contributed by atoms with van der Waals surface area (Å²) in [6, 6.07) is 9.68. The molecule has 1 aromatic heterocycles. The molecule has 0 aliphatic carbocycles. The molecule has 0 saturated carbocycles. The smallest absolute Gasteiger partial charge is 0.123 e. The molecule has 1 atom stereocenters. The molecule has 0 saturated heterocycles. The van der Waals surface area contributed by atoms with E-state index in [4.69, 9.17) is 5.73 Å². The van der Waals surface area contributed by atoms with Gasteiger partial charge < -0.3 is 5.73 Å². The zero-order chi connectivity index (χ0) is 10.7. The molecule has 0 fully saturated rings. The lowest BCUT2D eigenvalue weighted by molar-refractivity contribution is 0.626. The molecule has 76 valence electrons. The molecule has 0 spiro atoms. The van der Waals surface area contributed by atoms with E-state index >= 15 is 0 Å². The molecule has 0 bridgehead atoms. The van der Waals surface area contributed by atoms with Gasteiger partial charge in [-0.1, -0.05) is 18.2 Å². The van der Waals surface area contributed by atoms with E-state index in [-0.39, 0.29) is 11.9 Å². The number of halogens is 1. The summed E-state index contributed by atoms with van der Waals surface area (Å²) in [6.07, 6.45) is 3.41. The summed E-state index contributed by atoms with van der Waals surface area (Å²) in [7, 11) is 0. The first-order valence-corrected chi connectivity index (χ1v) is 4.68. The van der Waals surface area contributed by atoms with Crippen LogP contribution in [-0.2, 0) is 0 Å². The van der Waals surface area contributed by atoms with Crippen LogP contribution in [0, 0.1) is 5.82 Å². The Kier molecular flexibility index (Phi) is 2.74. The zero-order valence-electron chi connectivity index (χ0n) is 8.10. The van der Waals surface area contributed by atoms with Gasteiger partial charge in [0.25, 0.3) is 0 Å². The van der Waals surface area contributed by atoms with Crippen molar-refractivity contribution in [1.29, 1.82) is 0 Å². The van der Waals surface area contributed by atoms with Gasteiger partial charge in [0.15, 0.2) is 0 Å². The molecule has 0 radical (unpaired) electrons. The maximum atomic E-state index is 12.7. The van der Waals surface area contributed by atoms with Gasteiger partial charge in [0.05, 0.1) is 6.04 Å². The average molecular weight is 202 g/mol. The van der Waals surface area contributed by atoms with Gasteiger partial charge in [-0.15, -0.1) is 0 Å². The molecule has 15 heavy (non-hydrogen) atoms. The Balaban J connectivity index is 2.29. The van der Waals surface area contributed by atoms with Crippen LogP contribution in [0.15, 0.2) is 48.8 Å².